The Morgan fingerprint density at radius 3 is 3.20 bits per heavy atom. The lowest BCUT2D eigenvalue weighted by atomic mass is 10.2. The fourth-order valence-electron chi connectivity index (χ4n) is 1.30. The minimum atomic E-state index is -0.914. The van der Waals surface area contributed by atoms with Crippen LogP contribution in [0.5, 0.6) is 0 Å². The first-order chi connectivity index (χ1) is 7.22. The summed E-state index contributed by atoms with van der Waals surface area (Å²) >= 11 is 0. The Morgan fingerprint density at radius 2 is 2.47 bits per heavy atom. The quantitative estimate of drug-likeness (QED) is 0.682. The molecule has 1 unspecified atom stereocenters. The molecular formula is C10H9NO4. The Morgan fingerprint density at radius 1 is 1.67 bits per heavy atom. The van der Waals surface area contributed by atoms with E-state index in [2.05, 4.69) is 4.98 Å². The van der Waals surface area contributed by atoms with E-state index in [4.69, 9.17) is 9.47 Å². The van der Waals surface area contributed by atoms with E-state index >= 15 is 0 Å². The molecule has 1 aliphatic rings. The molecule has 0 radical (unpaired) electrons. The molecule has 0 bridgehead atoms. The third kappa shape index (κ3) is 1.68. The lowest BCUT2D eigenvalue weighted by Gasteiger charge is -2.10. The van der Waals surface area contributed by atoms with Crippen molar-refractivity contribution in [3.8, 4) is 0 Å². The molecule has 15 heavy (non-hydrogen) atoms. The summed E-state index contributed by atoms with van der Waals surface area (Å²) in [5, 5.41) is 0. The third-order valence-electron chi connectivity index (χ3n) is 2.07. The van der Waals surface area contributed by atoms with Crippen LogP contribution in [0.4, 0.5) is 0 Å². The maximum Gasteiger partial charge on any atom is 0.343 e. The van der Waals surface area contributed by atoms with Gasteiger partial charge in [-0.1, -0.05) is 6.92 Å². The van der Waals surface area contributed by atoms with Crippen molar-refractivity contribution in [3.05, 3.63) is 29.6 Å². The molecule has 0 saturated heterocycles. The molecule has 0 aliphatic carbocycles. The van der Waals surface area contributed by atoms with Crippen LogP contribution in [0.15, 0.2) is 18.5 Å². The van der Waals surface area contributed by atoms with Gasteiger partial charge >= 0.3 is 11.9 Å². The standard InChI is InChI=1S/C10H9NO4/c1-2-8(12)14-10-6-3-4-11-5-7(6)9(13)15-10/h3-5,10H,2H2,1H3. The summed E-state index contributed by atoms with van der Waals surface area (Å²) in [6, 6.07) is 1.60. The molecule has 0 saturated carbocycles. The number of esters is 2. The van der Waals surface area contributed by atoms with Crippen molar-refractivity contribution in [2.24, 2.45) is 0 Å². The molecule has 0 N–H and O–H groups in total. The first-order valence-electron chi connectivity index (χ1n) is 4.56. The summed E-state index contributed by atoms with van der Waals surface area (Å²) in [5.74, 6) is -0.913. The summed E-state index contributed by atoms with van der Waals surface area (Å²) in [7, 11) is 0. The number of hydrogen-bond acceptors (Lipinski definition) is 5. The lowest BCUT2D eigenvalue weighted by Crippen LogP contribution is -2.10. The van der Waals surface area contributed by atoms with E-state index in [-0.39, 0.29) is 6.42 Å². The number of carbonyl (C=O) groups excluding carboxylic acids is 2. The molecule has 2 heterocycles. The Balaban J connectivity index is 2.25. The normalized spacial score (nSPS) is 18.2. The number of pyridine rings is 1. The number of nitrogens with zero attached hydrogens (tertiary/aromatic N) is 1. The highest BCUT2D eigenvalue weighted by Gasteiger charge is 2.33. The van der Waals surface area contributed by atoms with Crippen LogP contribution in [-0.2, 0) is 14.3 Å². The van der Waals surface area contributed by atoms with Gasteiger partial charge in [-0.3, -0.25) is 9.78 Å². The van der Waals surface area contributed by atoms with E-state index in [0.717, 1.165) is 0 Å². The van der Waals surface area contributed by atoms with Crippen LogP contribution in [0, 0.1) is 0 Å². The average Bonchev–Trinajstić information content (AvgIpc) is 2.57. The van der Waals surface area contributed by atoms with Gasteiger partial charge in [0, 0.05) is 18.8 Å². The maximum atomic E-state index is 11.3. The first kappa shape index (κ1) is 9.64. The number of fused-ring (bicyclic) bond motifs is 1. The van der Waals surface area contributed by atoms with Gasteiger partial charge in [-0.05, 0) is 6.07 Å². The maximum absolute atomic E-state index is 11.3. The molecule has 5 heteroatoms. The topological polar surface area (TPSA) is 65.5 Å². The highest BCUT2D eigenvalue weighted by atomic mass is 16.7. The van der Waals surface area contributed by atoms with Crippen molar-refractivity contribution in [1.82, 2.24) is 4.98 Å². The lowest BCUT2D eigenvalue weighted by molar-refractivity contribution is -0.167. The predicted octanol–water partition coefficient (Wildman–Crippen LogP) is 1.20. The van der Waals surface area contributed by atoms with E-state index in [1.54, 1.807) is 13.0 Å². The second kappa shape index (κ2) is 3.68. The van der Waals surface area contributed by atoms with Gasteiger partial charge in [0.25, 0.3) is 6.29 Å². The third-order valence-corrected chi connectivity index (χ3v) is 2.07. The molecule has 1 aliphatic heterocycles. The van der Waals surface area contributed by atoms with Crippen molar-refractivity contribution in [3.63, 3.8) is 0 Å². The predicted molar refractivity (Wildman–Crippen MR) is 48.8 cm³/mol. The minimum Gasteiger partial charge on any atom is -0.421 e. The molecule has 5 nitrogen and oxygen atoms in total. The summed E-state index contributed by atoms with van der Waals surface area (Å²) in [4.78, 5) is 26.1. The van der Waals surface area contributed by atoms with Crippen LogP contribution >= 0.6 is 0 Å². The van der Waals surface area contributed by atoms with Gasteiger partial charge in [0.05, 0.1) is 11.1 Å². The van der Waals surface area contributed by atoms with Crippen LogP contribution in [-0.4, -0.2) is 16.9 Å². The van der Waals surface area contributed by atoms with Gasteiger partial charge in [-0.15, -0.1) is 0 Å². The number of cyclic esters (lactones) is 1. The fraction of sp³-hybridized carbons (Fsp3) is 0.300. The highest BCUT2D eigenvalue weighted by molar-refractivity contribution is 5.93. The van der Waals surface area contributed by atoms with Crippen LogP contribution in [0.25, 0.3) is 0 Å². The van der Waals surface area contributed by atoms with Gasteiger partial charge in [0.15, 0.2) is 0 Å². The van der Waals surface area contributed by atoms with Crippen LogP contribution < -0.4 is 0 Å². The van der Waals surface area contributed by atoms with E-state index in [1.165, 1.54) is 12.4 Å². The van der Waals surface area contributed by atoms with E-state index in [0.29, 0.717) is 11.1 Å². The molecule has 0 spiro atoms. The molecule has 2 rings (SSSR count). The van der Waals surface area contributed by atoms with Gasteiger partial charge in [0.1, 0.15) is 0 Å². The molecule has 1 aromatic heterocycles. The van der Waals surface area contributed by atoms with Gasteiger partial charge in [-0.25, -0.2) is 4.79 Å². The smallest absolute Gasteiger partial charge is 0.343 e. The SMILES string of the molecule is CCC(=O)OC1OC(=O)c2cnccc21. The summed E-state index contributed by atoms with van der Waals surface area (Å²) in [6.07, 6.45) is 2.25. The van der Waals surface area contributed by atoms with Crippen LogP contribution in [0.3, 0.4) is 0 Å². The van der Waals surface area contributed by atoms with Crippen LogP contribution in [0.1, 0.15) is 35.6 Å². The second-order valence-corrected chi connectivity index (χ2v) is 3.04. The average molecular weight is 207 g/mol. The van der Waals surface area contributed by atoms with Crippen molar-refractivity contribution in [1.29, 1.82) is 0 Å². The second-order valence-electron chi connectivity index (χ2n) is 3.04. The zero-order valence-electron chi connectivity index (χ0n) is 8.10. The zero-order valence-corrected chi connectivity index (χ0v) is 8.10. The number of hydrogen-bond donors (Lipinski definition) is 0. The molecule has 0 amide bonds. The molecular weight excluding hydrogens is 198 g/mol. The van der Waals surface area contributed by atoms with Gasteiger partial charge < -0.3 is 9.47 Å². The molecule has 78 valence electrons. The Labute approximate surface area is 86.0 Å². The number of rotatable bonds is 2. The van der Waals surface area contributed by atoms with Crippen molar-refractivity contribution in [2.75, 3.05) is 0 Å². The summed E-state index contributed by atoms with van der Waals surface area (Å²) < 4.78 is 9.83. The van der Waals surface area contributed by atoms with E-state index in [1.807, 2.05) is 0 Å². The zero-order chi connectivity index (χ0) is 10.8. The number of aromatic nitrogens is 1. The molecule has 1 atom stereocenters. The molecule has 0 fully saturated rings. The highest BCUT2D eigenvalue weighted by Crippen LogP contribution is 2.30. The largest absolute Gasteiger partial charge is 0.421 e. The minimum absolute atomic E-state index is 0.245. The van der Waals surface area contributed by atoms with Crippen molar-refractivity contribution < 1.29 is 19.1 Å². The number of carbonyl (C=O) groups is 2. The Hall–Kier alpha value is -1.91. The first-order valence-corrected chi connectivity index (χ1v) is 4.56. The Bertz CT molecular complexity index is 416. The molecule has 0 aromatic carbocycles. The van der Waals surface area contributed by atoms with E-state index in [9.17, 15) is 9.59 Å². The fourth-order valence-corrected chi connectivity index (χ4v) is 1.30. The summed E-state index contributed by atoms with van der Waals surface area (Å²) in [6.45, 7) is 1.67. The van der Waals surface area contributed by atoms with Gasteiger partial charge in [0.2, 0.25) is 0 Å². The van der Waals surface area contributed by atoms with E-state index < -0.39 is 18.2 Å². The van der Waals surface area contributed by atoms with Gasteiger partial charge in [-0.2, -0.15) is 0 Å². The number of ether oxygens (including phenoxy) is 2. The Kier molecular flexibility index (Phi) is 2.37. The van der Waals surface area contributed by atoms with Crippen molar-refractivity contribution >= 4 is 11.9 Å². The summed E-state index contributed by atoms with van der Waals surface area (Å²) in [5.41, 5.74) is 0.906. The van der Waals surface area contributed by atoms with Crippen molar-refractivity contribution in [2.45, 2.75) is 19.6 Å². The monoisotopic (exact) mass is 207 g/mol. The molecule has 1 aromatic rings. The van der Waals surface area contributed by atoms with Crippen LogP contribution in [0.2, 0.25) is 0 Å².